The smallest absolute Gasteiger partial charge is 0.350 e. The van der Waals surface area contributed by atoms with Gasteiger partial charge in [-0.3, -0.25) is 4.68 Å². The van der Waals surface area contributed by atoms with Gasteiger partial charge in [0.05, 0.1) is 18.3 Å². The van der Waals surface area contributed by atoms with Gasteiger partial charge in [-0.15, -0.1) is 0 Å². The molecule has 0 saturated carbocycles. The summed E-state index contributed by atoms with van der Waals surface area (Å²) >= 11 is 0. The molecule has 0 aliphatic carbocycles. The van der Waals surface area contributed by atoms with Gasteiger partial charge in [0.1, 0.15) is 36.4 Å². The zero-order chi connectivity index (χ0) is 29.2. The van der Waals surface area contributed by atoms with Gasteiger partial charge < -0.3 is 4.74 Å². The topological polar surface area (TPSA) is 79.8 Å². The molecule has 4 rings (SSSR count). The van der Waals surface area contributed by atoms with Crippen LogP contribution in [0, 0.1) is 17.6 Å². The molecule has 0 aliphatic rings. The third kappa shape index (κ3) is 5.47. The number of rotatable bonds is 11. The van der Waals surface area contributed by atoms with Gasteiger partial charge in [-0.1, -0.05) is 19.9 Å². The van der Waals surface area contributed by atoms with E-state index in [4.69, 9.17) is 4.74 Å². The van der Waals surface area contributed by atoms with E-state index in [1.54, 1.807) is 6.92 Å². The van der Waals surface area contributed by atoms with Gasteiger partial charge in [0.2, 0.25) is 0 Å². The van der Waals surface area contributed by atoms with Crippen LogP contribution in [-0.4, -0.2) is 48.1 Å². The van der Waals surface area contributed by atoms with Crippen molar-refractivity contribution in [2.45, 2.75) is 51.1 Å². The third-order valence-corrected chi connectivity index (χ3v) is 7.02. The zero-order valence-corrected chi connectivity index (χ0v) is 21.7. The fourth-order valence-electron chi connectivity index (χ4n) is 4.79. The van der Waals surface area contributed by atoms with Crippen molar-refractivity contribution in [2.75, 3.05) is 6.61 Å². The van der Waals surface area contributed by atoms with E-state index in [0.29, 0.717) is 0 Å². The molecule has 0 radical (unpaired) electrons. The predicted octanol–water partition coefficient (Wildman–Crippen LogP) is 5.04. The van der Waals surface area contributed by atoms with E-state index in [0.717, 1.165) is 12.1 Å². The van der Waals surface area contributed by atoms with Crippen molar-refractivity contribution >= 4 is 0 Å². The highest BCUT2D eigenvalue weighted by atomic mass is 19.3. The van der Waals surface area contributed by atoms with Gasteiger partial charge in [-0.25, -0.2) is 36.6 Å². The lowest BCUT2D eigenvalue weighted by Gasteiger charge is -2.42. The Morgan fingerprint density at radius 3 is 2.25 bits per heavy atom. The first kappa shape index (κ1) is 28.9. The molecule has 2 atom stereocenters. The van der Waals surface area contributed by atoms with Crippen molar-refractivity contribution in [1.82, 2.24) is 29.1 Å². The molecular formula is C26H26F6N6O2. The highest BCUT2D eigenvalue weighted by Gasteiger charge is 2.46. The number of hydrogen-bond donors (Lipinski definition) is 0. The highest BCUT2D eigenvalue weighted by molar-refractivity contribution is 5.37. The van der Waals surface area contributed by atoms with Gasteiger partial charge >= 0.3 is 18.0 Å². The summed E-state index contributed by atoms with van der Waals surface area (Å²) in [6.07, 6.45) is 0.137. The number of aromatic nitrogens is 6. The molecule has 0 fully saturated rings. The summed E-state index contributed by atoms with van der Waals surface area (Å²) in [6, 6.07) is 7.73. The highest BCUT2D eigenvalue weighted by Crippen LogP contribution is 2.44. The van der Waals surface area contributed by atoms with Crippen LogP contribution in [0.25, 0.3) is 5.69 Å². The van der Waals surface area contributed by atoms with Crippen LogP contribution in [-0.2, 0) is 12.0 Å². The maximum Gasteiger partial charge on any atom is 0.350 e. The summed E-state index contributed by atoms with van der Waals surface area (Å²) in [5, 5.41) is 8.42. The SMILES string of the molecule is CC(C)[C@@](Cn1cncn1)(c1ccc(F)cc1F)[C@@H](C)n1ncn(-c2ccc(OCC(F)(F)C(F)F)cc2)c1=O. The van der Waals surface area contributed by atoms with Crippen LogP contribution in [0.4, 0.5) is 26.3 Å². The largest absolute Gasteiger partial charge is 0.487 e. The van der Waals surface area contributed by atoms with Crippen molar-refractivity contribution in [2.24, 2.45) is 5.92 Å². The summed E-state index contributed by atoms with van der Waals surface area (Å²) < 4.78 is 88.9. The third-order valence-electron chi connectivity index (χ3n) is 7.02. The Labute approximate surface area is 224 Å². The number of ether oxygens (including phenoxy) is 1. The molecule has 2 aromatic heterocycles. The summed E-state index contributed by atoms with van der Waals surface area (Å²) in [4.78, 5) is 17.5. The minimum Gasteiger partial charge on any atom is -0.487 e. The average Bonchev–Trinajstić information content (AvgIpc) is 3.55. The molecule has 4 aromatic rings. The molecule has 0 unspecified atom stereocenters. The molecule has 8 nitrogen and oxygen atoms in total. The number of alkyl halides is 4. The van der Waals surface area contributed by atoms with E-state index in [1.165, 1.54) is 63.2 Å². The molecule has 214 valence electrons. The van der Waals surface area contributed by atoms with Gasteiger partial charge in [0.25, 0.3) is 0 Å². The average molecular weight is 569 g/mol. The minimum atomic E-state index is -4.31. The first-order valence-electron chi connectivity index (χ1n) is 12.2. The molecule has 0 bridgehead atoms. The number of nitrogens with zero attached hydrogens (tertiary/aromatic N) is 6. The Morgan fingerprint density at radius 2 is 1.68 bits per heavy atom. The van der Waals surface area contributed by atoms with Gasteiger partial charge in [0.15, 0.2) is 6.61 Å². The van der Waals surface area contributed by atoms with E-state index in [2.05, 4.69) is 15.2 Å². The Bertz CT molecular complexity index is 1490. The van der Waals surface area contributed by atoms with Crippen molar-refractivity contribution in [3.05, 3.63) is 89.1 Å². The fraction of sp³-hybridized carbons (Fsp3) is 0.385. The summed E-state index contributed by atoms with van der Waals surface area (Å²) in [5.74, 6) is -6.27. The fourth-order valence-corrected chi connectivity index (χ4v) is 4.79. The van der Waals surface area contributed by atoms with Gasteiger partial charge in [-0.05, 0) is 48.7 Å². The second-order valence-corrected chi connectivity index (χ2v) is 9.66. The molecule has 40 heavy (non-hydrogen) atoms. The van der Waals surface area contributed by atoms with Gasteiger partial charge in [-0.2, -0.15) is 19.0 Å². The Kier molecular flexibility index (Phi) is 8.08. The standard InChI is InChI=1S/C26H26F6N6O2/c1-16(2)25(11-36-14-33-13-34-36,21-9-4-18(27)10-22(21)28)17(3)38-24(39)37(15-35-38)19-5-7-20(8-6-19)40-12-26(31,32)23(29)30/h4-10,13-17,23H,11-12H2,1-3H3/t17-,25-/m1/s1. The predicted molar refractivity (Wildman–Crippen MR) is 132 cm³/mol. The molecule has 2 aromatic carbocycles. The van der Waals surface area contributed by atoms with Crippen molar-refractivity contribution in [3.63, 3.8) is 0 Å². The lowest BCUT2D eigenvalue weighted by molar-refractivity contribution is -0.148. The van der Waals surface area contributed by atoms with Crippen molar-refractivity contribution in [3.8, 4) is 11.4 Å². The van der Waals surface area contributed by atoms with E-state index < -0.39 is 47.7 Å². The summed E-state index contributed by atoms with van der Waals surface area (Å²) in [5.41, 5.74) is -1.30. The van der Waals surface area contributed by atoms with Crippen LogP contribution < -0.4 is 10.4 Å². The maximum absolute atomic E-state index is 15.3. The molecule has 0 amide bonds. The maximum atomic E-state index is 15.3. The van der Waals surface area contributed by atoms with E-state index in [-0.39, 0.29) is 29.5 Å². The molecule has 0 saturated heterocycles. The molecular weight excluding hydrogens is 542 g/mol. The van der Waals surface area contributed by atoms with Crippen molar-refractivity contribution in [1.29, 1.82) is 0 Å². The number of halogens is 6. The monoisotopic (exact) mass is 568 g/mol. The first-order valence-corrected chi connectivity index (χ1v) is 12.2. The van der Waals surface area contributed by atoms with Crippen LogP contribution in [0.2, 0.25) is 0 Å². The van der Waals surface area contributed by atoms with Crippen LogP contribution >= 0.6 is 0 Å². The van der Waals surface area contributed by atoms with Crippen molar-refractivity contribution < 1.29 is 31.1 Å². The molecule has 0 aliphatic heterocycles. The number of benzene rings is 2. The summed E-state index contributed by atoms with van der Waals surface area (Å²) in [7, 11) is 0. The molecule has 2 heterocycles. The second-order valence-electron chi connectivity index (χ2n) is 9.66. The zero-order valence-electron chi connectivity index (χ0n) is 21.7. The van der Waals surface area contributed by atoms with E-state index in [1.807, 2.05) is 13.8 Å². The normalized spacial score (nSPS) is 14.5. The molecule has 0 N–H and O–H groups in total. The summed E-state index contributed by atoms with van der Waals surface area (Å²) in [6.45, 7) is 3.95. The lowest BCUT2D eigenvalue weighted by Crippen LogP contribution is -2.47. The minimum absolute atomic E-state index is 0.0863. The number of hydrogen-bond acceptors (Lipinski definition) is 5. The van der Waals surface area contributed by atoms with Gasteiger partial charge in [0, 0.05) is 11.5 Å². The Balaban J connectivity index is 1.71. The van der Waals surface area contributed by atoms with Crippen LogP contribution in [0.1, 0.15) is 32.4 Å². The quantitative estimate of drug-likeness (QED) is 0.237. The van der Waals surface area contributed by atoms with Crippen LogP contribution in [0.3, 0.4) is 0 Å². The Morgan fingerprint density at radius 1 is 0.975 bits per heavy atom. The first-order chi connectivity index (χ1) is 18.9. The Hall–Kier alpha value is -4.10. The molecule has 0 spiro atoms. The lowest BCUT2D eigenvalue weighted by atomic mass is 9.66. The van der Waals surface area contributed by atoms with E-state index in [9.17, 15) is 26.7 Å². The van der Waals surface area contributed by atoms with E-state index >= 15 is 4.39 Å². The molecule has 14 heteroatoms. The van der Waals surface area contributed by atoms with Crippen LogP contribution in [0.5, 0.6) is 5.75 Å². The second kappa shape index (κ2) is 11.2. The van der Waals surface area contributed by atoms with Crippen LogP contribution in [0.15, 0.2) is 66.2 Å².